The van der Waals surface area contributed by atoms with Crippen molar-refractivity contribution < 1.29 is 9.53 Å². The van der Waals surface area contributed by atoms with Crippen LogP contribution in [0.1, 0.15) is 43.2 Å². The van der Waals surface area contributed by atoms with Crippen molar-refractivity contribution in [2.24, 2.45) is 0 Å². The molecule has 0 aliphatic heterocycles. The molecule has 0 N–H and O–H groups in total. The number of ether oxygens (including phenoxy) is 1. The lowest BCUT2D eigenvalue weighted by atomic mass is 9.75. The maximum atomic E-state index is 12.4. The summed E-state index contributed by atoms with van der Waals surface area (Å²) in [6.07, 6.45) is 0.538. The molecule has 0 aromatic heterocycles. The average Bonchev–Trinajstić information content (AvgIpc) is 2.63. The van der Waals surface area contributed by atoms with E-state index in [1.165, 1.54) is 7.11 Å². The summed E-state index contributed by atoms with van der Waals surface area (Å²) >= 11 is 0. The van der Waals surface area contributed by atoms with Crippen molar-refractivity contribution in [2.75, 3.05) is 7.11 Å². The molecule has 0 fully saturated rings. The van der Waals surface area contributed by atoms with Gasteiger partial charge < -0.3 is 9.58 Å². The van der Waals surface area contributed by atoms with Gasteiger partial charge in [0.2, 0.25) is 5.54 Å². The van der Waals surface area contributed by atoms with Gasteiger partial charge in [0, 0.05) is 13.8 Å². The van der Waals surface area contributed by atoms with Crippen molar-refractivity contribution in [3.8, 4) is 0 Å². The second-order valence-corrected chi connectivity index (χ2v) is 6.45. The molecular formula is C21H23NO2. The highest BCUT2D eigenvalue weighted by Crippen LogP contribution is 2.39. The predicted molar refractivity (Wildman–Crippen MR) is 95.7 cm³/mol. The molecule has 2 aromatic rings. The molecule has 124 valence electrons. The molecule has 2 atom stereocenters. The molecule has 3 nitrogen and oxygen atoms in total. The van der Waals surface area contributed by atoms with Gasteiger partial charge in [-0.3, -0.25) is 4.79 Å². The quantitative estimate of drug-likeness (QED) is 0.564. The minimum absolute atomic E-state index is 0.0690. The highest BCUT2D eigenvalue weighted by atomic mass is 16.5. The molecule has 0 spiro atoms. The number of carbonyl (C=O) groups excluding carboxylic acids is 1. The Morgan fingerprint density at radius 1 is 1.04 bits per heavy atom. The van der Waals surface area contributed by atoms with Crippen LogP contribution in [0.4, 0.5) is 0 Å². The Labute approximate surface area is 144 Å². The van der Waals surface area contributed by atoms with Crippen molar-refractivity contribution >= 4 is 5.97 Å². The fourth-order valence-electron chi connectivity index (χ4n) is 3.03. The smallest absolute Gasteiger partial charge is 0.313 e. The lowest BCUT2D eigenvalue weighted by molar-refractivity contribution is -0.142. The molecule has 2 aromatic carbocycles. The van der Waals surface area contributed by atoms with Crippen LogP contribution < -0.4 is 0 Å². The summed E-state index contributed by atoms with van der Waals surface area (Å²) in [7, 11) is 1.41. The van der Waals surface area contributed by atoms with Crippen molar-refractivity contribution in [1.29, 1.82) is 0 Å². The number of carbonyl (C=O) groups is 1. The Balaban J connectivity index is 2.42. The Bertz CT molecular complexity index is 702. The third kappa shape index (κ3) is 4.02. The zero-order valence-corrected chi connectivity index (χ0v) is 14.4. The topological polar surface area (TPSA) is 30.7 Å². The van der Waals surface area contributed by atoms with Gasteiger partial charge in [-0.05, 0) is 17.5 Å². The third-order valence-electron chi connectivity index (χ3n) is 4.50. The first-order valence-electron chi connectivity index (χ1n) is 8.06. The zero-order chi connectivity index (χ0) is 17.6. The van der Waals surface area contributed by atoms with E-state index in [2.05, 4.69) is 4.85 Å². The van der Waals surface area contributed by atoms with Crippen LogP contribution in [-0.2, 0) is 9.53 Å². The second-order valence-electron chi connectivity index (χ2n) is 6.45. The van der Waals surface area contributed by atoms with E-state index in [0.29, 0.717) is 6.42 Å². The molecule has 2 unspecified atom stereocenters. The molecule has 0 aliphatic carbocycles. The number of esters is 1. The van der Waals surface area contributed by atoms with E-state index in [9.17, 15) is 4.79 Å². The molecule has 0 bridgehead atoms. The van der Waals surface area contributed by atoms with E-state index >= 15 is 0 Å². The van der Waals surface area contributed by atoms with Crippen LogP contribution in [0.25, 0.3) is 4.85 Å². The Morgan fingerprint density at radius 3 is 2.00 bits per heavy atom. The van der Waals surface area contributed by atoms with Crippen molar-refractivity contribution in [3.05, 3.63) is 83.2 Å². The Kier molecular flexibility index (Phi) is 5.76. The first-order chi connectivity index (χ1) is 11.5. The number of nitrogens with zero attached hydrogens (tertiary/aromatic N) is 1. The molecule has 0 amide bonds. The van der Waals surface area contributed by atoms with Gasteiger partial charge in [-0.2, -0.15) is 0 Å². The highest BCUT2D eigenvalue weighted by molar-refractivity contribution is 5.78. The van der Waals surface area contributed by atoms with Gasteiger partial charge in [0.15, 0.2) is 0 Å². The molecule has 0 heterocycles. The number of methoxy groups -OCH3 is 1. The summed E-state index contributed by atoms with van der Waals surface area (Å²) in [4.78, 5) is 16.2. The van der Waals surface area contributed by atoms with Gasteiger partial charge in [0.25, 0.3) is 0 Å². The van der Waals surface area contributed by atoms with E-state index in [1.54, 1.807) is 0 Å². The summed E-state index contributed by atoms with van der Waals surface area (Å²) in [5, 5.41) is 0. The number of hydrogen-bond donors (Lipinski definition) is 0. The number of benzene rings is 2. The average molecular weight is 321 g/mol. The van der Waals surface area contributed by atoms with Crippen LogP contribution >= 0.6 is 0 Å². The molecule has 2 rings (SSSR count). The van der Waals surface area contributed by atoms with Crippen LogP contribution in [0, 0.1) is 6.57 Å². The van der Waals surface area contributed by atoms with Gasteiger partial charge >= 0.3 is 5.97 Å². The molecule has 0 aliphatic rings. The van der Waals surface area contributed by atoms with E-state index in [4.69, 9.17) is 11.3 Å². The van der Waals surface area contributed by atoms with Gasteiger partial charge in [-0.15, -0.1) is 0 Å². The van der Waals surface area contributed by atoms with Crippen LogP contribution in [0.2, 0.25) is 0 Å². The maximum Gasteiger partial charge on any atom is 0.313 e. The predicted octanol–water partition coefficient (Wildman–Crippen LogP) is 4.81. The van der Waals surface area contributed by atoms with E-state index in [0.717, 1.165) is 11.1 Å². The number of hydrogen-bond acceptors (Lipinski definition) is 2. The third-order valence-corrected chi connectivity index (χ3v) is 4.50. The first-order valence-corrected chi connectivity index (χ1v) is 8.06. The van der Waals surface area contributed by atoms with Crippen LogP contribution in [0.15, 0.2) is 60.7 Å². The van der Waals surface area contributed by atoms with Crippen LogP contribution in [-0.4, -0.2) is 18.6 Å². The van der Waals surface area contributed by atoms with Crippen molar-refractivity contribution in [1.82, 2.24) is 0 Å². The summed E-state index contributed by atoms with van der Waals surface area (Å²) < 4.78 is 5.03. The fraction of sp³-hybridized carbons (Fsp3) is 0.333. The zero-order valence-electron chi connectivity index (χ0n) is 14.4. The first kappa shape index (κ1) is 17.7. The van der Waals surface area contributed by atoms with Crippen LogP contribution in [0.3, 0.4) is 0 Å². The summed E-state index contributed by atoms with van der Waals surface area (Å²) in [6, 6.07) is 19.6. The maximum absolute atomic E-state index is 12.4. The lowest BCUT2D eigenvalue weighted by Gasteiger charge is -2.28. The fourth-order valence-corrected chi connectivity index (χ4v) is 3.03. The van der Waals surface area contributed by atoms with Crippen molar-refractivity contribution in [2.45, 2.75) is 37.6 Å². The van der Waals surface area contributed by atoms with Gasteiger partial charge in [-0.25, -0.2) is 6.57 Å². The van der Waals surface area contributed by atoms with Crippen molar-refractivity contribution in [3.63, 3.8) is 0 Å². The Hall–Kier alpha value is -2.60. The minimum Gasteiger partial charge on any atom is -0.469 e. The summed E-state index contributed by atoms with van der Waals surface area (Å²) in [5.74, 6) is -0.717. The largest absolute Gasteiger partial charge is 0.469 e. The molecule has 0 saturated carbocycles. The van der Waals surface area contributed by atoms with E-state index in [-0.39, 0.29) is 17.8 Å². The Morgan fingerprint density at radius 2 is 1.54 bits per heavy atom. The normalized spacial score (nSPS) is 13.6. The SMILES string of the molecule is [C-]#[N+]C(C)(C)C(CC(C(=O)OC)c1ccccc1)c1ccccc1. The summed E-state index contributed by atoms with van der Waals surface area (Å²) in [5.41, 5.74) is 1.39. The lowest BCUT2D eigenvalue weighted by Crippen LogP contribution is -2.29. The van der Waals surface area contributed by atoms with Gasteiger partial charge in [0.1, 0.15) is 0 Å². The summed E-state index contributed by atoms with van der Waals surface area (Å²) in [6.45, 7) is 11.5. The van der Waals surface area contributed by atoms with E-state index < -0.39 is 5.54 Å². The molecule has 3 heteroatoms. The molecule has 0 saturated heterocycles. The second kappa shape index (κ2) is 7.79. The van der Waals surface area contributed by atoms with Gasteiger partial charge in [-0.1, -0.05) is 60.7 Å². The molecule has 0 radical (unpaired) electrons. The minimum atomic E-state index is -0.609. The molecular weight excluding hydrogens is 298 g/mol. The highest BCUT2D eigenvalue weighted by Gasteiger charge is 2.40. The van der Waals surface area contributed by atoms with Gasteiger partial charge in [0.05, 0.1) is 18.9 Å². The van der Waals surface area contributed by atoms with E-state index in [1.807, 2.05) is 74.5 Å². The standard InChI is InChI=1S/C21H23NO2/c1-21(2,22-3)19(17-13-9-6-10-14-17)15-18(20(23)24-4)16-11-7-5-8-12-16/h5-14,18-19H,15H2,1-2,4H3. The molecule has 24 heavy (non-hydrogen) atoms. The van der Waals surface area contributed by atoms with Crippen LogP contribution in [0.5, 0.6) is 0 Å². The number of rotatable bonds is 6. The monoisotopic (exact) mass is 321 g/mol.